The number of amides is 1. The van der Waals surface area contributed by atoms with Crippen LogP contribution in [-0.2, 0) is 19.6 Å². The van der Waals surface area contributed by atoms with Crippen LogP contribution in [0.3, 0.4) is 0 Å². The average Bonchev–Trinajstić information content (AvgIpc) is 2.67. The van der Waals surface area contributed by atoms with Crippen LogP contribution in [0.5, 0.6) is 0 Å². The second-order valence-electron chi connectivity index (χ2n) is 7.65. The molecule has 1 unspecified atom stereocenters. The summed E-state index contributed by atoms with van der Waals surface area (Å²) in [4.78, 5) is 12.3. The fourth-order valence-corrected chi connectivity index (χ4v) is 4.46. The molecule has 1 aromatic carbocycles. The maximum atomic E-state index is 12.6. The van der Waals surface area contributed by atoms with Crippen molar-refractivity contribution in [1.29, 1.82) is 0 Å². The van der Waals surface area contributed by atoms with E-state index in [4.69, 9.17) is 4.74 Å². The normalized spacial score (nSPS) is 17.1. The number of carbonyl (C=O) groups is 1. The molecule has 2 rings (SSSR count). The van der Waals surface area contributed by atoms with Gasteiger partial charge in [-0.15, -0.1) is 0 Å². The second-order valence-corrected chi connectivity index (χ2v) is 9.59. The lowest BCUT2D eigenvalue weighted by Gasteiger charge is -2.26. The molecular weight excluding hydrogens is 376 g/mol. The Labute approximate surface area is 169 Å². The SMILES string of the molecule is CC(C)CCCC(C)NC(=O)/C=C/c1ccc(S(=O)(=O)N2CCOCC2)cc1. The first-order chi connectivity index (χ1) is 13.3. The van der Waals surface area contributed by atoms with Crippen molar-refractivity contribution < 1.29 is 17.9 Å². The van der Waals surface area contributed by atoms with Gasteiger partial charge in [0.05, 0.1) is 18.1 Å². The summed E-state index contributed by atoms with van der Waals surface area (Å²) in [7, 11) is -3.49. The van der Waals surface area contributed by atoms with Gasteiger partial charge in [0.2, 0.25) is 15.9 Å². The Balaban J connectivity index is 1.88. The third-order valence-electron chi connectivity index (χ3n) is 4.72. The number of rotatable bonds is 9. The Morgan fingerprint density at radius 2 is 1.79 bits per heavy atom. The first-order valence-electron chi connectivity index (χ1n) is 9.95. The molecule has 1 fully saturated rings. The van der Waals surface area contributed by atoms with Gasteiger partial charge in [0, 0.05) is 25.2 Å². The van der Waals surface area contributed by atoms with Crippen LogP contribution in [0.1, 0.15) is 45.6 Å². The molecule has 1 aromatic rings. The zero-order valence-electron chi connectivity index (χ0n) is 17.1. The number of morpholine rings is 1. The lowest BCUT2D eigenvalue weighted by Crippen LogP contribution is -2.40. The van der Waals surface area contributed by atoms with Gasteiger partial charge in [0.25, 0.3) is 0 Å². The topological polar surface area (TPSA) is 75.7 Å². The van der Waals surface area contributed by atoms with Gasteiger partial charge in [-0.25, -0.2) is 8.42 Å². The van der Waals surface area contributed by atoms with Crippen LogP contribution in [0.25, 0.3) is 6.08 Å². The van der Waals surface area contributed by atoms with Crippen molar-refractivity contribution in [3.8, 4) is 0 Å². The van der Waals surface area contributed by atoms with E-state index in [1.807, 2.05) is 6.92 Å². The highest BCUT2D eigenvalue weighted by Crippen LogP contribution is 2.18. The molecule has 1 amide bonds. The zero-order chi connectivity index (χ0) is 20.6. The van der Waals surface area contributed by atoms with E-state index in [1.165, 1.54) is 10.4 Å². The maximum Gasteiger partial charge on any atom is 0.244 e. The van der Waals surface area contributed by atoms with Crippen molar-refractivity contribution in [1.82, 2.24) is 9.62 Å². The number of sulfonamides is 1. The summed E-state index contributed by atoms with van der Waals surface area (Å²) in [6.45, 7) is 8.00. The summed E-state index contributed by atoms with van der Waals surface area (Å²) < 4.78 is 31.9. The van der Waals surface area contributed by atoms with Crippen molar-refractivity contribution in [3.05, 3.63) is 35.9 Å². The molecule has 156 valence electrons. The minimum absolute atomic E-state index is 0.136. The number of benzene rings is 1. The van der Waals surface area contributed by atoms with Gasteiger partial charge in [0.1, 0.15) is 0 Å². The van der Waals surface area contributed by atoms with Crippen molar-refractivity contribution in [2.75, 3.05) is 26.3 Å². The first kappa shape index (κ1) is 22.6. The van der Waals surface area contributed by atoms with Crippen molar-refractivity contribution in [2.45, 2.75) is 51.0 Å². The molecule has 0 spiro atoms. The Morgan fingerprint density at radius 3 is 2.39 bits per heavy atom. The van der Waals surface area contributed by atoms with Gasteiger partial charge in [-0.3, -0.25) is 4.79 Å². The van der Waals surface area contributed by atoms with Crippen LogP contribution in [0.4, 0.5) is 0 Å². The van der Waals surface area contributed by atoms with Crippen LogP contribution >= 0.6 is 0 Å². The van der Waals surface area contributed by atoms with Crippen molar-refractivity contribution in [2.24, 2.45) is 5.92 Å². The van der Waals surface area contributed by atoms with Gasteiger partial charge in [-0.05, 0) is 43.0 Å². The fourth-order valence-electron chi connectivity index (χ4n) is 3.05. The average molecular weight is 409 g/mol. The number of hydrogen-bond donors (Lipinski definition) is 1. The molecular formula is C21H32N2O4S. The summed E-state index contributed by atoms with van der Waals surface area (Å²) in [5, 5.41) is 2.96. The van der Waals surface area contributed by atoms with E-state index >= 15 is 0 Å². The molecule has 28 heavy (non-hydrogen) atoms. The van der Waals surface area contributed by atoms with E-state index in [-0.39, 0.29) is 16.8 Å². The van der Waals surface area contributed by atoms with E-state index < -0.39 is 10.0 Å². The molecule has 7 heteroatoms. The summed E-state index contributed by atoms with van der Waals surface area (Å²) in [5.74, 6) is 0.542. The molecule has 1 saturated heterocycles. The number of nitrogens with zero attached hydrogens (tertiary/aromatic N) is 1. The molecule has 1 aliphatic heterocycles. The maximum absolute atomic E-state index is 12.6. The highest BCUT2D eigenvalue weighted by Gasteiger charge is 2.25. The molecule has 1 N–H and O–H groups in total. The first-order valence-corrected chi connectivity index (χ1v) is 11.4. The molecule has 0 aromatic heterocycles. The van der Waals surface area contributed by atoms with Crippen LogP contribution in [0, 0.1) is 5.92 Å². The van der Waals surface area contributed by atoms with Gasteiger partial charge in [0.15, 0.2) is 0 Å². The predicted octanol–water partition coefficient (Wildman–Crippen LogP) is 3.05. The quantitative estimate of drug-likeness (QED) is 0.637. The molecule has 1 heterocycles. The van der Waals surface area contributed by atoms with Gasteiger partial charge in [-0.2, -0.15) is 4.31 Å². The fraction of sp³-hybridized carbons (Fsp3) is 0.571. The van der Waals surface area contributed by atoms with Crippen LogP contribution in [0.2, 0.25) is 0 Å². The largest absolute Gasteiger partial charge is 0.379 e. The van der Waals surface area contributed by atoms with Crippen LogP contribution < -0.4 is 5.32 Å². The Morgan fingerprint density at radius 1 is 1.14 bits per heavy atom. The smallest absolute Gasteiger partial charge is 0.244 e. The van der Waals surface area contributed by atoms with E-state index in [0.29, 0.717) is 32.2 Å². The van der Waals surface area contributed by atoms with Gasteiger partial charge < -0.3 is 10.1 Å². The zero-order valence-corrected chi connectivity index (χ0v) is 17.9. The molecule has 6 nitrogen and oxygen atoms in total. The van der Waals surface area contributed by atoms with Gasteiger partial charge in [-0.1, -0.05) is 38.8 Å². The molecule has 1 aliphatic rings. The third kappa shape index (κ3) is 7.04. The number of ether oxygens (including phenoxy) is 1. The monoisotopic (exact) mass is 408 g/mol. The Kier molecular flexibility index (Phi) is 8.66. The lowest BCUT2D eigenvalue weighted by molar-refractivity contribution is -0.117. The molecule has 0 radical (unpaired) electrons. The standard InChI is InChI=1S/C21H32N2O4S/c1-17(2)5-4-6-18(3)22-21(24)12-9-19-7-10-20(11-8-19)28(25,26)23-13-15-27-16-14-23/h7-12,17-18H,4-6,13-16H2,1-3H3,(H,22,24)/b12-9+. The second kappa shape index (κ2) is 10.7. The highest BCUT2D eigenvalue weighted by atomic mass is 32.2. The van der Waals surface area contributed by atoms with Crippen LogP contribution in [-0.4, -0.2) is 51.0 Å². The third-order valence-corrected chi connectivity index (χ3v) is 6.64. The predicted molar refractivity (Wildman–Crippen MR) is 111 cm³/mol. The van der Waals surface area contributed by atoms with Crippen molar-refractivity contribution >= 4 is 22.0 Å². The number of hydrogen-bond acceptors (Lipinski definition) is 4. The Hall–Kier alpha value is -1.70. The molecule has 1 atom stereocenters. The van der Waals surface area contributed by atoms with Crippen LogP contribution in [0.15, 0.2) is 35.2 Å². The number of carbonyl (C=O) groups excluding carboxylic acids is 1. The molecule has 0 aliphatic carbocycles. The van der Waals surface area contributed by atoms with E-state index in [0.717, 1.165) is 24.8 Å². The molecule has 0 bridgehead atoms. The summed E-state index contributed by atoms with van der Waals surface area (Å²) in [5.41, 5.74) is 0.781. The minimum atomic E-state index is -3.49. The summed E-state index contributed by atoms with van der Waals surface area (Å²) in [6.07, 6.45) is 6.41. The van der Waals surface area contributed by atoms with Crippen molar-refractivity contribution in [3.63, 3.8) is 0 Å². The summed E-state index contributed by atoms with van der Waals surface area (Å²) >= 11 is 0. The van der Waals surface area contributed by atoms with E-state index in [9.17, 15) is 13.2 Å². The lowest BCUT2D eigenvalue weighted by atomic mass is 10.0. The van der Waals surface area contributed by atoms with E-state index in [2.05, 4.69) is 19.2 Å². The molecule has 0 saturated carbocycles. The van der Waals surface area contributed by atoms with E-state index in [1.54, 1.807) is 30.3 Å². The number of nitrogens with one attached hydrogen (secondary N) is 1. The summed E-state index contributed by atoms with van der Waals surface area (Å²) in [6, 6.07) is 6.72. The highest BCUT2D eigenvalue weighted by molar-refractivity contribution is 7.89. The minimum Gasteiger partial charge on any atom is -0.379 e. The van der Waals surface area contributed by atoms with Gasteiger partial charge >= 0.3 is 0 Å². The Bertz CT molecular complexity index is 751.